The number of carbonyl (C=O) groups is 2. The molecule has 0 unspecified atom stereocenters. The number of carbonyl (C=O) groups excluding carboxylic acids is 1. The van der Waals surface area contributed by atoms with E-state index in [1.165, 1.54) is 23.0 Å². The molecular weight excluding hydrogens is 377 g/mol. The summed E-state index contributed by atoms with van der Waals surface area (Å²) in [7, 11) is 0. The van der Waals surface area contributed by atoms with Gasteiger partial charge in [0.2, 0.25) is 0 Å². The molecule has 0 aliphatic heterocycles. The van der Waals surface area contributed by atoms with E-state index < -0.39 is 11.9 Å². The number of aliphatic carboxylic acids is 1. The van der Waals surface area contributed by atoms with Gasteiger partial charge in [-0.15, -0.1) is 5.10 Å². The van der Waals surface area contributed by atoms with E-state index in [1.807, 2.05) is 0 Å². The smallest absolute Gasteiger partial charge is 0.303 e. The van der Waals surface area contributed by atoms with Crippen molar-refractivity contribution in [1.82, 2.24) is 15.0 Å². The summed E-state index contributed by atoms with van der Waals surface area (Å²) in [4.78, 5) is 23.0. The Hall–Kier alpha value is -3.75. The first-order chi connectivity index (χ1) is 13.9. The third-order valence-electron chi connectivity index (χ3n) is 4.28. The van der Waals surface area contributed by atoms with Crippen LogP contribution in [0.4, 0.5) is 15.8 Å². The lowest BCUT2D eigenvalue weighted by Crippen LogP contribution is -2.13. The Morgan fingerprint density at radius 2 is 1.83 bits per heavy atom. The highest BCUT2D eigenvalue weighted by Gasteiger charge is 2.13. The largest absolute Gasteiger partial charge is 0.481 e. The maximum absolute atomic E-state index is 13.1. The summed E-state index contributed by atoms with van der Waals surface area (Å²) in [5.41, 5.74) is 8.44. The van der Waals surface area contributed by atoms with Gasteiger partial charge in [0, 0.05) is 13.0 Å². The monoisotopic (exact) mass is 397 g/mol. The number of halogens is 1. The van der Waals surface area contributed by atoms with E-state index in [4.69, 9.17) is 10.8 Å². The molecule has 150 valence electrons. The summed E-state index contributed by atoms with van der Waals surface area (Å²) in [5.74, 6) is -1.64. The number of nitrogens with one attached hydrogen (secondary N) is 1. The second-order valence-corrected chi connectivity index (χ2v) is 6.48. The van der Waals surface area contributed by atoms with Gasteiger partial charge < -0.3 is 16.2 Å². The number of benzene rings is 2. The molecule has 9 heteroatoms. The molecule has 8 nitrogen and oxygen atoms in total. The Bertz CT molecular complexity index is 1020. The molecule has 0 spiro atoms. The average molecular weight is 397 g/mol. The number of hydrogen-bond donors (Lipinski definition) is 3. The highest BCUT2D eigenvalue weighted by molar-refractivity contribution is 6.04. The predicted octanol–water partition coefficient (Wildman–Crippen LogP) is 3.17. The molecular formula is C20H20FN5O3. The molecule has 29 heavy (non-hydrogen) atoms. The summed E-state index contributed by atoms with van der Waals surface area (Å²) in [5, 5.41) is 19.1. The van der Waals surface area contributed by atoms with E-state index in [9.17, 15) is 14.0 Å². The fourth-order valence-electron chi connectivity index (χ4n) is 2.73. The maximum Gasteiger partial charge on any atom is 0.303 e. The third kappa shape index (κ3) is 5.38. The average Bonchev–Trinajstić information content (AvgIpc) is 3.17. The van der Waals surface area contributed by atoms with Crippen LogP contribution in [0.2, 0.25) is 0 Å². The summed E-state index contributed by atoms with van der Waals surface area (Å²) >= 11 is 0. The molecule has 0 saturated heterocycles. The van der Waals surface area contributed by atoms with E-state index in [0.29, 0.717) is 30.8 Å². The third-order valence-corrected chi connectivity index (χ3v) is 4.28. The minimum atomic E-state index is -0.843. The number of aromatic nitrogens is 3. The summed E-state index contributed by atoms with van der Waals surface area (Å²) in [6, 6.07) is 11.2. The molecule has 3 aromatic rings. The fourth-order valence-corrected chi connectivity index (χ4v) is 2.73. The zero-order chi connectivity index (χ0) is 20.8. The van der Waals surface area contributed by atoms with Gasteiger partial charge in [0.1, 0.15) is 5.82 Å². The number of nitrogen functional groups attached to an aromatic ring is 1. The zero-order valence-corrected chi connectivity index (χ0v) is 15.5. The summed E-state index contributed by atoms with van der Waals surface area (Å²) < 4.78 is 14.6. The number of carboxylic acid groups (broad SMARTS) is 1. The first kappa shape index (κ1) is 20.0. The second-order valence-electron chi connectivity index (χ2n) is 6.48. The SMILES string of the molecule is Nc1ccc(-c2ccc(F)cc2)cc1NC(=O)c1cn(CCCCC(=O)O)nn1. The minimum Gasteiger partial charge on any atom is -0.481 e. The molecule has 2 aromatic carbocycles. The van der Waals surface area contributed by atoms with Crippen LogP contribution in [-0.4, -0.2) is 32.0 Å². The molecule has 0 fully saturated rings. The quantitative estimate of drug-likeness (QED) is 0.396. The van der Waals surface area contributed by atoms with E-state index in [0.717, 1.165) is 11.1 Å². The van der Waals surface area contributed by atoms with Gasteiger partial charge in [-0.25, -0.2) is 4.39 Å². The van der Waals surface area contributed by atoms with E-state index in [1.54, 1.807) is 30.3 Å². The number of nitrogens with zero attached hydrogens (tertiary/aromatic N) is 3. The van der Waals surface area contributed by atoms with Crippen molar-refractivity contribution < 1.29 is 19.1 Å². The van der Waals surface area contributed by atoms with Gasteiger partial charge in [0.05, 0.1) is 17.6 Å². The molecule has 0 saturated carbocycles. The van der Waals surface area contributed by atoms with Crippen LogP contribution in [0.15, 0.2) is 48.7 Å². The Morgan fingerprint density at radius 3 is 2.55 bits per heavy atom. The Kier molecular flexibility index (Phi) is 6.18. The Labute approximate surface area is 166 Å². The molecule has 0 aliphatic rings. The number of aryl methyl sites for hydroxylation is 1. The molecule has 1 heterocycles. The van der Waals surface area contributed by atoms with Crippen LogP contribution in [0.3, 0.4) is 0 Å². The summed E-state index contributed by atoms with van der Waals surface area (Å²) in [6.07, 6.45) is 2.72. The van der Waals surface area contributed by atoms with Gasteiger partial charge >= 0.3 is 5.97 Å². The molecule has 0 atom stereocenters. The van der Waals surface area contributed by atoms with Crippen LogP contribution < -0.4 is 11.1 Å². The van der Waals surface area contributed by atoms with Gasteiger partial charge in [-0.2, -0.15) is 0 Å². The molecule has 1 aromatic heterocycles. The fraction of sp³-hybridized carbons (Fsp3) is 0.200. The lowest BCUT2D eigenvalue weighted by atomic mass is 10.0. The van der Waals surface area contributed by atoms with Crippen LogP contribution in [-0.2, 0) is 11.3 Å². The van der Waals surface area contributed by atoms with Crippen molar-refractivity contribution in [3.8, 4) is 11.1 Å². The minimum absolute atomic E-state index is 0.0890. The second kappa shape index (κ2) is 8.96. The number of nitrogens with two attached hydrogens (primary N) is 1. The molecule has 0 aliphatic carbocycles. The van der Waals surface area contributed by atoms with E-state index >= 15 is 0 Å². The van der Waals surface area contributed by atoms with Crippen molar-refractivity contribution in [2.45, 2.75) is 25.8 Å². The van der Waals surface area contributed by atoms with E-state index in [2.05, 4.69) is 15.6 Å². The van der Waals surface area contributed by atoms with E-state index in [-0.39, 0.29) is 17.9 Å². The van der Waals surface area contributed by atoms with Crippen molar-refractivity contribution in [2.75, 3.05) is 11.1 Å². The topological polar surface area (TPSA) is 123 Å². The molecule has 1 amide bonds. The van der Waals surface area contributed by atoms with Crippen molar-refractivity contribution in [2.24, 2.45) is 0 Å². The van der Waals surface area contributed by atoms with Gasteiger partial charge in [-0.3, -0.25) is 14.3 Å². The number of anilines is 2. The van der Waals surface area contributed by atoms with Gasteiger partial charge in [-0.1, -0.05) is 23.4 Å². The normalized spacial score (nSPS) is 10.7. The van der Waals surface area contributed by atoms with Crippen LogP contribution in [0.5, 0.6) is 0 Å². The van der Waals surface area contributed by atoms with Crippen LogP contribution in [0, 0.1) is 5.82 Å². The number of amides is 1. The highest BCUT2D eigenvalue weighted by Crippen LogP contribution is 2.27. The Balaban J connectivity index is 1.66. The molecule has 4 N–H and O–H groups in total. The van der Waals surface area contributed by atoms with Crippen LogP contribution in [0.1, 0.15) is 29.8 Å². The highest BCUT2D eigenvalue weighted by atomic mass is 19.1. The number of carboxylic acids is 1. The number of rotatable bonds is 8. The Morgan fingerprint density at radius 1 is 1.10 bits per heavy atom. The lowest BCUT2D eigenvalue weighted by molar-refractivity contribution is -0.137. The standard InChI is InChI=1S/C20H20FN5O3/c21-15-7-4-13(5-8-15)14-6-9-16(22)17(11-14)23-20(29)18-12-26(25-24-18)10-2-1-3-19(27)28/h4-9,11-12H,1-3,10,22H2,(H,23,29)(H,27,28). The van der Waals surface area contributed by atoms with Crippen LogP contribution in [0.25, 0.3) is 11.1 Å². The maximum atomic E-state index is 13.1. The molecule has 0 bridgehead atoms. The first-order valence-corrected chi connectivity index (χ1v) is 9.01. The van der Waals surface area contributed by atoms with Gasteiger partial charge in [-0.05, 0) is 48.2 Å². The van der Waals surface area contributed by atoms with Crippen molar-refractivity contribution >= 4 is 23.3 Å². The number of unbranched alkanes of at least 4 members (excludes halogenated alkanes) is 1. The van der Waals surface area contributed by atoms with Gasteiger partial charge in [0.25, 0.3) is 5.91 Å². The van der Waals surface area contributed by atoms with Gasteiger partial charge in [0.15, 0.2) is 5.69 Å². The lowest BCUT2D eigenvalue weighted by Gasteiger charge is -2.10. The van der Waals surface area contributed by atoms with Crippen molar-refractivity contribution in [3.05, 3.63) is 60.2 Å². The summed E-state index contributed by atoms with van der Waals surface area (Å²) in [6.45, 7) is 0.468. The van der Waals surface area contributed by atoms with Crippen molar-refractivity contribution in [3.63, 3.8) is 0 Å². The van der Waals surface area contributed by atoms with Crippen LogP contribution >= 0.6 is 0 Å². The molecule has 0 radical (unpaired) electrons. The zero-order valence-electron chi connectivity index (χ0n) is 15.5. The number of hydrogen-bond acceptors (Lipinski definition) is 5. The predicted molar refractivity (Wildman–Crippen MR) is 106 cm³/mol. The van der Waals surface area contributed by atoms with Crippen molar-refractivity contribution in [1.29, 1.82) is 0 Å². The molecule has 3 rings (SSSR count). The first-order valence-electron chi connectivity index (χ1n) is 9.01.